The minimum atomic E-state index is -1.10. The van der Waals surface area contributed by atoms with E-state index in [1.54, 1.807) is 6.92 Å². The van der Waals surface area contributed by atoms with Gasteiger partial charge in [-0.05, 0) is 18.6 Å². The summed E-state index contributed by atoms with van der Waals surface area (Å²) in [4.78, 5) is 25.6. The maximum atomic E-state index is 10.9. The van der Waals surface area contributed by atoms with E-state index in [1.165, 1.54) is 18.3 Å². The number of hydrogen-bond acceptors (Lipinski definition) is 4. The molecule has 0 aliphatic rings. The van der Waals surface area contributed by atoms with Crippen LogP contribution in [0, 0.1) is 0 Å². The van der Waals surface area contributed by atoms with E-state index in [9.17, 15) is 9.59 Å². The van der Waals surface area contributed by atoms with Gasteiger partial charge in [-0.1, -0.05) is 18.7 Å². The quantitative estimate of drug-likeness (QED) is 0.763. The number of aromatic carboxylic acids is 1. The lowest BCUT2D eigenvalue weighted by Gasteiger charge is -2.09. The summed E-state index contributed by atoms with van der Waals surface area (Å²) in [6, 6.07) is 2.92. The third-order valence-corrected chi connectivity index (χ3v) is 3.27. The fourth-order valence-corrected chi connectivity index (χ4v) is 2.03. The average Bonchev–Trinajstić information content (AvgIpc) is 2.25. The van der Waals surface area contributed by atoms with Crippen molar-refractivity contribution in [2.24, 2.45) is 0 Å². The van der Waals surface area contributed by atoms with Crippen LogP contribution in [-0.2, 0) is 4.79 Å². The van der Waals surface area contributed by atoms with Crippen LogP contribution in [0.5, 0.6) is 0 Å². The number of nitrogens with zero attached hydrogens (tertiary/aromatic N) is 1. The highest BCUT2D eigenvalue weighted by Crippen LogP contribution is 2.26. The summed E-state index contributed by atoms with van der Waals surface area (Å²) in [6.45, 7) is 1.73. The molecule has 0 amide bonds. The first-order valence-corrected chi connectivity index (χ1v) is 5.52. The third-order valence-electron chi connectivity index (χ3n) is 1.90. The van der Waals surface area contributed by atoms with E-state index < -0.39 is 17.2 Å². The topological polar surface area (TPSA) is 87.5 Å². The number of aliphatic carboxylic acids is 1. The summed E-state index contributed by atoms with van der Waals surface area (Å²) in [7, 11) is 0. The number of rotatable bonds is 5. The average molecular weight is 241 g/mol. The lowest BCUT2D eigenvalue weighted by molar-refractivity contribution is -0.136. The van der Waals surface area contributed by atoms with Gasteiger partial charge in [-0.15, -0.1) is 0 Å². The molecule has 0 aliphatic carbocycles. The van der Waals surface area contributed by atoms with Crippen molar-refractivity contribution in [1.82, 2.24) is 4.98 Å². The maximum absolute atomic E-state index is 10.9. The smallest absolute Gasteiger partial charge is 0.338 e. The van der Waals surface area contributed by atoms with Gasteiger partial charge in [0.05, 0.1) is 5.56 Å². The lowest BCUT2D eigenvalue weighted by Crippen LogP contribution is -2.16. The molecular formula is C10H11NO4S. The first-order valence-electron chi connectivity index (χ1n) is 4.64. The fourth-order valence-electron chi connectivity index (χ4n) is 1.09. The summed E-state index contributed by atoms with van der Waals surface area (Å²) in [6.07, 6.45) is 1.86. The second kappa shape index (κ2) is 5.50. The molecule has 0 bridgehead atoms. The van der Waals surface area contributed by atoms with Gasteiger partial charge < -0.3 is 10.2 Å². The minimum absolute atomic E-state index is 0.0344. The number of carbonyl (C=O) groups is 2. The van der Waals surface area contributed by atoms with Crippen LogP contribution in [0.2, 0.25) is 0 Å². The zero-order chi connectivity index (χ0) is 12.1. The Balaban J connectivity index is 2.95. The van der Waals surface area contributed by atoms with Gasteiger partial charge in [0.1, 0.15) is 10.3 Å². The standard InChI is InChI=1S/C10H11NO4S/c1-2-7(10(14)15)16-8-6(9(12)13)4-3-5-11-8/h3-5,7H,2H2,1H3,(H,12,13)(H,14,15). The van der Waals surface area contributed by atoms with E-state index in [0.717, 1.165) is 11.8 Å². The predicted octanol–water partition coefficient (Wildman–Crippen LogP) is 1.74. The monoisotopic (exact) mass is 241 g/mol. The molecule has 5 nitrogen and oxygen atoms in total. The molecule has 1 aromatic rings. The summed E-state index contributed by atoms with van der Waals surface area (Å²) in [5, 5.41) is 17.3. The highest BCUT2D eigenvalue weighted by Gasteiger charge is 2.20. The zero-order valence-corrected chi connectivity index (χ0v) is 9.40. The molecule has 1 atom stereocenters. The molecule has 0 aliphatic heterocycles. The number of aromatic nitrogens is 1. The van der Waals surface area contributed by atoms with E-state index in [2.05, 4.69) is 4.98 Å². The molecule has 86 valence electrons. The zero-order valence-electron chi connectivity index (χ0n) is 8.58. The largest absolute Gasteiger partial charge is 0.480 e. The Morgan fingerprint density at radius 3 is 2.69 bits per heavy atom. The second-order valence-corrected chi connectivity index (χ2v) is 4.21. The Kier molecular flexibility index (Phi) is 4.30. The Bertz CT molecular complexity index is 408. The molecule has 2 N–H and O–H groups in total. The molecular weight excluding hydrogens is 230 g/mol. The Hall–Kier alpha value is -1.56. The molecule has 1 unspecified atom stereocenters. The van der Waals surface area contributed by atoms with Gasteiger partial charge in [0.25, 0.3) is 0 Å². The van der Waals surface area contributed by atoms with Crippen LogP contribution < -0.4 is 0 Å². The third kappa shape index (κ3) is 2.96. The van der Waals surface area contributed by atoms with Crippen LogP contribution in [0.1, 0.15) is 23.7 Å². The molecule has 1 aromatic heterocycles. The van der Waals surface area contributed by atoms with Crippen LogP contribution >= 0.6 is 11.8 Å². The summed E-state index contributed by atoms with van der Waals surface area (Å²) < 4.78 is 0. The van der Waals surface area contributed by atoms with Crippen LogP contribution in [0.15, 0.2) is 23.4 Å². The van der Waals surface area contributed by atoms with Gasteiger partial charge in [0.15, 0.2) is 0 Å². The summed E-state index contributed by atoms with van der Waals surface area (Å²) in [5.74, 6) is -2.06. The molecule has 0 saturated heterocycles. The molecule has 0 spiro atoms. The van der Waals surface area contributed by atoms with Crippen LogP contribution in [0.3, 0.4) is 0 Å². The first kappa shape index (κ1) is 12.5. The van der Waals surface area contributed by atoms with Gasteiger partial charge >= 0.3 is 11.9 Å². The van der Waals surface area contributed by atoms with Crippen LogP contribution in [-0.4, -0.2) is 32.4 Å². The molecule has 16 heavy (non-hydrogen) atoms. The van der Waals surface area contributed by atoms with Crippen molar-refractivity contribution in [1.29, 1.82) is 0 Å². The van der Waals surface area contributed by atoms with Crippen molar-refractivity contribution in [2.75, 3.05) is 0 Å². The Morgan fingerprint density at radius 1 is 1.50 bits per heavy atom. The van der Waals surface area contributed by atoms with Crippen molar-refractivity contribution in [3.8, 4) is 0 Å². The maximum Gasteiger partial charge on any atom is 0.338 e. The SMILES string of the molecule is CCC(Sc1ncccc1C(=O)O)C(=O)O. The summed E-state index contributed by atoms with van der Waals surface area (Å²) >= 11 is 0.960. The van der Waals surface area contributed by atoms with Gasteiger partial charge in [0, 0.05) is 6.20 Å². The molecule has 1 heterocycles. The van der Waals surface area contributed by atoms with E-state index in [1.807, 2.05) is 0 Å². The Morgan fingerprint density at radius 2 is 2.19 bits per heavy atom. The van der Waals surface area contributed by atoms with E-state index >= 15 is 0 Å². The van der Waals surface area contributed by atoms with Crippen molar-refractivity contribution >= 4 is 23.7 Å². The number of pyridine rings is 1. The number of carboxylic acid groups (broad SMARTS) is 2. The molecule has 1 rings (SSSR count). The van der Waals surface area contributed by atoms with Crippen molar-refractivity contribution in [3.05, 3.63) is 23.9 Å². The number of hydrogen-bond donors (Lipinski definition) is 2. The molecule has 0 fully saturated rings. The molecule has 0 saturated carbocycles. The summed E-state index contributed by atoms with van der Waals surface area (Å²) in [5.41, 5.74) is 0.0344. The lowest BCUT2D eigenvalue weighted by atomic mass is 10.3. The van der Waals surface area contributed by atoms with E-state index in [4.69, 9.17) is 10.2 Å². The van der Waals surface area contributed by atoms with Gasteiger partial charge in [-0.25, -0.2) is 9.78 Å². The number of thioether (sulfide) groups is 1. The van der Waals surface area contributed by atoms with Crippen LogP contribution in [0.25, 0.3) is 0 Å². The Labute approximate surface area is 96.5 Å². The second-order valence-electron chi connectivity index (χ2n) is 3.01. The van der Waals surface area contributed by atoms with Gasteiger partial charge in [-0.2, -0.15) is 0 Å². The van der Waals surface area contributed by atoms with Crippen LogP contribution in [0.4, 0.5) is 0 Å². The van der Waals surface area contributed by atoms with Gasteiger partial charge in [-0.3, -0.25) is 4.79 Å². The van der Waals surface area contributed by atoms with E-state index in [0.29, 0.717) is 6.42 Å². The fraction of sp³-hybridized carbons (Fsp3) is 0.300. The molecule has 6 heteroatoms. The first-order chi connectivity index (χ1) is 7.56. The van der Waals surface area contributed by atoms with Crippen molar-refractivity contribution < 1.29 is 19.8 Å². The van der Waals surface area contributed by atoms with E-state index in [-0.39, 0.29) is 10.6 Å². The molecule has 0 radical (unpaired) electrons. The normalized spacial score (nSPS) is 12.1. The molecule has 0 aromatic carbocycles. The van der Waals surface area contributed by atoms with Crippen molar-refractivity contribution in [2.45, 2.75) is 23.6 Å². The number of carboxylic acids is 2. The van der Waals surface area contributed by atoms with Gasteiger partial charge in [0.2, 0.25) is 0 Å². The van der Waals surface area contributed by atoms with Crippen molar-refractivity contribution in [3.63, 3.8) is 0 Å². The highest BCUT2D eigenvalue weighted by molar-refractivity contribution is 8.00. The highest BCUT2D eigenvalue weighted by atomic mass is 32.2. The minimum Gasteiger partial charge on any atom is -0.480 e. The predicted molar refractivity (Wildman–Crippen MR) is 58.8 cm³/mol.